The highest BCUT2D eigenvalue weighted by Gasteiger charge is 2.25. The van der Waals surface area contributed by atoms with Gasteiger partial charge in [0.15, 0.2) is 0 Å². The van der Waals surface area contributed by atoms with E-state index >= 15 is 0 Å². The molecule has 25 heavy (non-hydrogen) atoms. The number of likely N-dealkylation sites (N-methyl/N-ethyl adjacent to an activating group) is 1. The number of aromatic amines is 1. The largest absolute Gasteiger partial charge is 0.480 e. The first-order valence-electron chi connectivity index (χ1n) is 8.60. The molecule has 0 aliphatic carbocycles. The normalized spacial score (nSPS) is 18.5. The molecule has 0 saturated carbocycles. The third-order valence-electron chi connectivity index (χ3n) is 4.92. The van der Waals surface area contributed by atoms with Crippen LogP contribution in [0.15, 0.2) is 18.3 Å². The van der Waals surface area contributed by atoms with E-state index in [1.54, 1.807) is 6.20 Å². The number of likely N-dealkylation sites (tertiary alicyclic amines) is 1. The number of hydrogen-bond donors (Lipinski definition) is 2. The molecule has 1 aliphatic rings. The molecule has 0 radical (unpaired) electrons. The summed E-state index contributed by atoms with van der Waals surface area (Å²) in [7, 11) is 1.84. The minimum Gasteiger partial charge on any atom is -0.480 e. The van der Waals surface area contributed by atoms with Crippen LogP contribution in [-0.4, -0.2) is 69.7 Å². The fraction of sp³-hybridized carbons (Fsp3) is 0.500. The lowest BCUT2D eigenvalue weighted by atomic mass is 10.1. The highest BCUT2D eigenvalue weighted by molar-refractivity contribution is 6.05. The highest BCUT2D eigenvalue weighted by atomic mass is 16.4. The molecular formula is C18H24N4O3. The molecule has 1 amide bonds. The van der Waals surface area contributed by atoms with Gasteiger partial charge in [0, 0.05) is 24.5 Å². The Bertz CT molecular complexity index is 786. The Balaban J connectivity index is 1.75. The third kappa shape index (κ3) is 3.82. The smallest absolute Gasteiger partial charge is 0.317 e. The number of nitrogens with zero attached hydrogens (tertiary/aromatic N) is 3. The SMILES string of the molecule is Cc1cc(C(=O)N2CCCC(N(C)CC(=O)O)CC2)c2[nH]ncc2c1. The molecule has 134 valence electrons. The lowest BCUT2D eigenvalue weighted by molar-refractivity contribution is -0.138. The molecule has 0 bridgehead atoms. The number of fused-ring (bicyclic) bond motifs is 1. The van der Waals surface area contributed by atoms with E-state index in [0.29, 0.717) is 18.7 Å². The van der Waals surface area contributed by atoms with Gasteiger partial charge in [-0.25, -0.2) is 0 Å². The van der Waals surface area contributed by atoms with Gasteiger partial charge in [0.2, 0.25) is 0 Å². The number of carbonyl (C=O) groups is 2. The lowest BCUT2D eigenvalue weighted by Gasteiger charge is -2.25. The van der Waals surface area contributed by atoms with E-state index in [2.05, 4.69) is 10.2 Å². The molecule has 1 fully saturated rings. The Kier molecular flexibility index (Phi) is 5.03. The van der Waals surface area contributed by atoms with Crippen LogP contribution >= 0.6 is 0 Å². The monoisotopic (exact) mass is 344 g/mol. The molecule has 7 heteroatoms. The van der Waals surface area contributed by atoms with Crippen LogP contribution in [0.3, 0.4) is 0 Å². The number of carboxylic acid groups (broad SMARTS) is 1. The maximum absolute atomic E-state index is 13.0. The highest BCUT2D eigenvalue weighted by Crippen LogP contribution is 2.22. The first-order chi connectivity index (χ1) is 12.0. The first-order valence-corrected chi connectivity index (χ1v) is 8.60. The number of carbonyl (C=O) groups excluding carboxylic acids is 1. The van der Waals surface area contributed by atoms with Crippen LogP contribution in [0.4, 0.5) is 0 Å². The fourth-order valence-corrected chi connectivity index (χ4v) is 3.61. The Hall–Kier alpha value is -2.41. The molecule has 7 nitrogen and oxygen atoms in total. The Morgan fingerprint density at radius 1 is 1.36 bits per heavy atom. The average molecular weight is 344 g/mol. The lowest BCUT2D eigenvalue weighted by Crippen LogP contribution is -2.37. The Morgan fingerprint density at radius 3 is 2.92 bits per heavy atom. The molecule has 1 saturated heterocycles. The maximum Gasteiger partial charge on any atom is 0.317 e. The number of nitrogens with one attached hydrogen (secondary N) is 1. The summed E-state index contributed by atoms with van der Waals surface area (Å²) in [6.07, 6.45) is 4.30. The zero-order chi connectivity index (χ0) is 18.0. The summed E-state index contributed by atoms with van der Waals surface area (Å²) in [4.78, 5) is 27.7. The molecular weight excluding hydrogens is 320 g/mol. The molecule has 1 aromatic carbocycles. The number of amides is 1. The number of H-pyrrole nitrogens is 1. The van der Waals surface area contributed by atoms with E-state index < -0.39 is 5.97 Å². The van der Waals surface area contributed by atoms with Crippen LogP contribution in [0.25, 0.3) is 10.9 Å². The van der Waals surface area contributed by atoms with Crippen LogP contribution in [0.5, 0.6) is 0 Å². The third-order valence-corrected chi connectivity index (χ3v) is 4.92. The van der Waals surface area contributed by atoms with Crippen LogP contribution < -0.4 is 0 Å². The summed E-state index contributed by atoms with van der Waals surface area (Å²) in [5.41, 5.74) is 2.47. The summed E-state index contributed by atoms with van der Waals surface area (Å²) in [6, 6.07) is 4.11. The number of aromatic nitrogens is 2. The summed E-state index contributed by atoms with van der Waals surface area (Å²) in [6.45, 7) is 3.34. The molecule has 0 spiro atoms. The van der Waals surface area contributed by atoms with Gasteiger partial charge < -0.3 is 10.0 Å². The van der Waals surface area contributed by atoms with E-state index in [0.717, 1.165) is 35.7 Å². The van der Waals surface area contributed by atoms with Gasteiger partial charge in [-0.05, 0) is 50.9 Å². The summed E-state index contributed by atoms with van der Waals surface area (Å²) in [5.74, 6) is -0.805. The number of rotatable bonds is 4. The van der Waals surface area contributed by atoms with Crippen molar-refractivity contribution in [2.45, 2.75) is 32.2 Å². The van der Waals surface area contributed by atoms with Crippen molar-refractivity contribution in [1.82, 2.24) is 20.0 Å². The second-order valence-electron chi connectivity index (χ2n) is 6.83. The Labute approximate surface area is 146 Å². The summed E-state index contributed by atoms with van der Waals surface area (Å²) >= 11 is 0. The predicted octanol–water partition coefficient (Wildman–Crippen LogP) is 1.88. The molecule has 2 N–H and O–H groups in total. The molecule has 2 aromatic rings. The van der Waals surface area contributed by atoms with Crippen molar-refractivity contribution in [2.75, 3.05) is 26.7 Å². The van der Waals surface area contributed by atoms with Crippen molar-refractivity contribution in [1.29, 1.82) is 0 Å². The average Bonchev–Trinajstić information content (AvgIpc) is 2.87. The van der Waals surface area contributed by atoms with Crippen molar-refractivity contribution in [3.05, 3.63) is 29.5 Å². The number of carboxylic acids is 1. The molecule has 1 unspecified atom stereocenters. The predicted molar refractivity (Wildman–Crippen MR) is 94.6 cm³/mol. The van der Waals surface area contributed by atoms with Gasteiger partial charge in [-0.2, -0.15) is 5.10 Å². The minimum atomic E-state index is -0.818. The Morgan fingerprint density at radius 2 is 2.16 bits per heavy atom. The number of benzene rings is 1. The second-order valence-corrected chi connectivity index (χ2v) is 6.83. The zero-order valence-corrected chi connectivity index (χ0v) is 14.7. The fourth-order valence-electron chi connectivity index (χ4n) is 3.61. The van der Waals surface area contributed by atoms with Crippen LogP contribution in [0.1, 0.15) is 35.2 Å². The molecule has 1 atom stereocenters. The number of aliphatic carboxylic acids is 1. The summed E-state index contributed by atoms with van der Waals surface area (Å²) in [5, 5.41) is 16.9. The van der Waals surface area contributed by atoms with Crippen LogP contribution in [0, 0.1) is 6.92 Å². The van der Waals surface area contributed by atoms with Gasteiger partial charge in [-0.1, -0.05) is 0 Å². The van der Waals surface area contributed by atoms with E-state index in [9.17, 15) is 9.59 Å². The van der Waals surface area contributed by atoms with Crippen LogP contribution in [-0.2, 0) is 4.79 Å². The van der Waals surface area contributed by atoms with Gasteiger partial charge in [-0.15, -0.1) is 0 Å². The second kappa shape index (κ2) is 7.23. The minimum absolute atomic E-state index is 0.0134. The van der Waals surface area contributed by atoms with Gasteiger partial charge in [0.1, 0.15) is 0 Å². The van der Waals surface area contributed by atoms with Crippen molar-refractivity contribution >= 4 is 22.8 Å². The van der Waals surface area contributed by atoms with Gasteiger partial charge >= 0.3 is 5.97 Å². The van der Waals surface area contributed by atoms with Crippen LogP contribution in [0.2, 0.25) is 0 Å². The molecule has 1 aromatic heterocycles. The standard InChI is InChI=1S/C18H24N4O3/c1-12-8-13-10-19-20-17(13)15(9-12)18(25)22-6-3-4-14(5-7-22)21(2)11-16(23)24/h8-10,14H,3-7,11H2,1-2H3,(H,19,20)(H,23,24). The van der Waals surface area contributed by atoms with E-state index in [-0.39, 0.29) is 18.5 Å². The zero-order valence-electron chi connectivity index (χ0n) is 14.7. The van der Waals surface area contributed by atoms with E-state index in [1.807, 2.05) is 35.9 Å². The van der Waals surface area contributed by atoms with E-state index in [1.165, 1.54) is 0 Å². The van der Waals surface area contributed by atoms with Gasteiger partial charge in [-0.3, -0.25) is 19.6 Å². The van der Waals surface area contributed by atoms with Crippen molar-refractivity contribution in [3.8, 4) is 0 Å². The van der Waals surface area contributed by atoms with Crippen molar-refractivity contribution < 1.29 is 14.7 Å². The molecule has 2 heterocycles. The van der Waals surface area contributed by atoms with E-state index in [4.69, 9.17) is 5.11 Å². The number of hydrogen-bond acceptors (Lipinski definition) is 4. The number of aryl methyl sites for hydroxylation is 1. The topological polar surface area (TPSA) is 89.5 Å². The first kappa shape index (κ1) is 17.4. The summed E-state index contributed by atoms with van der Waals surface area (Å²) < 4.78 is 0. The quantitative estimate of drug-likeness (QED) is 0.884. The maximum atomic E-state index is 13.0. The van der Waals surface area contributed by atoms with Crippen molar-refractivity contribution in [2.24, 2.45) is 0 Å². The van der Waals surface area contributed by atoms with Gasteiger partial charge in [0.25, 0.3) is 5.91 Å². The molecule has 3 rings (SSSR count). The van der Waals surface area contributed by atoms with Gasteiger partial charge in [0.05, 0.1) is 23.8 Å². The van der Waals surface area contributed by atoms with Crippen molar-refractivity contribution in [3.63, 3.8) is 0 Å². The molecule has 1 aliphatic heterocycles.